The molecule has 3 nitrogen and oxygen atoms in total. The number of nitrogens with zero attached hydrogens (tertiary/aromatic N) is 2. The molecule has 0 radical (unpaired) electrons. The monoisotopic (exact) mass is 215 g/mol. The largest absolute Gasteiger partial charge is 0.314 e. The lowest BCUT2D eigenvalue weighted by Crippen LogP contribution is -2.04. The Morgan fingerprint density at radius 3 is 2.94 bits per heavy atom. The van der Waals surface area contributed by atoms with Crippen LogP contribution in [0, 0.1) is 6.92 Å². The van der Waals surface area contributed by atoms with Gasteiger partial charge in [0.15, 0.2) is 0 Å². The molecule has 0 saturated heterocycles. The molecule has 0 spiro atoms. The van der Waals surface area contributed by atoms with Crippen molar-refractivity contribution in [1.29, 1.82) is 0 Å². The average molecular weight is 215 g/mol. The van der Waals surface area contributed by atoms with Crippen LogP contribution in [0.3, 0.4) is 0 Å². The molecule has 2 aromatic rings. The van der Waals surface area contributed by atoms with Crippen LogP contribution < -0.4 is 5.32 Å². The molecule has 1 saturated carbocycles. The Morgan fingerprint density at radius 1 is 1.44 bits per heavy atom. The number of pyridine rings is 1. The Morgan fingerprint density at radius 2 is 2.25 bits per heavy atom. The minimum Gasteiger partial charge on any atom is -0.314 e. The van der Waals surface area contributed by atoms with Gasteiger partial charge in [-0.1, -0.05) is 6.07 Å². The summed E-state index contributed by atoms with van der Waals surface area (Å²) in [6, 6.07) is 2.29. The molecule has 1 fully saturated rings. The minimum absolute atomic E-state index is 0.804. The number of nitrogens with one attached hydrogen (secondary N) is 1. The summed E-state index contributed by atoms with van der Waals surface area (Å²) in [6.07, 6.45) is 7.07. The van der Waals surface area contributed by atoms with Crippen molar-refractivity contribution >= 4 is 5.65 Å². The first-order valence-electron chi connectivity index (χ1n) is 5.90. The van der Waals surface area contributed by atoms with Crippen molar-refractivity contribution in [3.8, 4) is 0 Å². The predicted molar refractivity (Wildman–Crippen MR) is 64.7 cm³/mol. The topological polar surface area (TPSA) is 29.3 Å². The normalized spacial score (nSPS) is 15.9. The van der Waals surface area contributed by atoms with Crippen LogP contribution in [0.2, 0.25) is 0 Å². The molecule has 2 heterocycles. The zero-order valence-corrected chi connectivity index (χ0v) is 9.83. The lowest BCUT2D eigenvalue weighted by molar-refractivity contribution is 0.798. The second kappa shape index (κ2) is 3.59. The molecule has 0 aromatic carbocycles. The summed E-state index contributed by atoms with van der Waals surface area (Å²) in [4.78, 5) is 4.62. The van der Waals surface area contributed by atoms with Crippen LogP contribution in [0.25, 0.3) is 5.65 Å². The van der Waals surface area contributed by atoms with E-state index >= 15 is 0 Å². The highest BCUT2D eigenvalue weighted by atomic mass is 15.0. The first-order chi connectivity index (χ1) is 7.78. The van der Waals surface area contributed by atoms with Crippen LogP contribution in [0.15, 0.2) is 18.5 Å². The summed E-state index contributed by atoms with van der Waals surface area (Å²) in [6.45, 7) is 2.98. The lowest BCUT2D eigenvalue weighted by Gasteiger charge is -2.02. The highest BCUT2D eigenvalue weighted by molar-refractivity contribution is 5.50. The van der Waals surface area contributed by atoms with Crippen LogP contribution in [-0.2, 0) is 6.54 Å². The summed E-state index contributed by atoms with van der Waals surface area (Å²) in [5.74, 6) is 0.804. The van der Waals surface area contributed by atoms with Gasteiger partial charge in [-0.3, -0.25) is 0 Å². The minimum atomic E-state index is 0.804. The zero-order valence-electron chi connectivity index (χ0n) is 9.83. The summed E-state index contributed by atoms with van der Waals surface area (Å²) >= 11 is 0. The number of aromatic nitrogens is 2. The fourth-order valence-electron chi connectivity index (χ4n) is 2.25. The Labute approximate surface area is 95.5 Å². The molecule has 0 amide bonds. The van der Waals surface area contributed by atoms with Gasteiger partial charge in [0.05, 0.1) is 5.69 Å². The van der Waals surface area contributed by atoms with Crippen LogP contribution >= 0.6 is 0 Å². The smallest absolute Gasteiger partial charge is 0.140 e. The number of fused-ring (bicyclic) bond motifs is 1. The fourth-order valence-corrected chi connectivity index (χ4v) is 2.25. The molecule has 0 aliphatic heterocycles. The highest BCUT2D eigenvalue weighted by Gasteiger charge is 2.24. The van der Waals surface area contributed by atoms with Crippen LogP contribution in [-0.4, -0.2) is 16.4 Å². The SMILES string of the molecule is CNCc1cn2cc(C3CC3)cc(C)c2n1. The molecule has 1 aliphatic carbocycles. The van der Waals surface area contributed by atoms with E-state index in [0.717, 1.165) is 23.8 Å². The lowest BCUT2D eigenvalue weighted by atomic mass is 10.1. The van der Waals surface area contributed by atoms with Crippen molar-refractivity contribution in [3.63, 3.8) is 0 Å². The van der Waals surface area contributed by atoms with Crippen molar-refractivity contribution in [3.05, 3.63) is 35.3 Å². The maximum absolute atomic E-state index is 4.62. The molecule has 0 atom stereocenters. The molecule has 3 rings (SSSR count). The van der Waals surface area contributed by atoms with E-state index in [1.54, 1.807) is 0 Å². The molecule has 0 bridgehead atoms. The van der Waals surface area contributed by atoms with Crippen molar-refractivity contribution in [2.45, 2.75) is 32.2 Å². The highest BCUT2D eigenvalue weighted by Crippen LogP contribution is 2.40. The van der Waals surface area contributed by atoms with Crippen molar-refractivity contribution in [1.82, 2.24) is 14.7 Å². The Bertz CT molecular complexity index is 523. The Hall–Kier alpha value is -1.35. The van der Waals surface area contributed by atoms with E-state index in [1.165, 1.54) is 24.0 Å². The van der Waals surface area contributed by atoms with Crippen molar-refractivity contribution in [2.75, 3.05) is 7.05 Å². The number of hydrogen-bond donors (Lipinski definition) is 1. The van der Waals surface area contributed by atoms with Gasteiger partial charge in [-0.25, -0.2) is 4.98 Å². The Kier molecular flexibility index (Phi) is 2.21. The fraction of sp³-hybridized carbons (Fsp3) is 0.462. The molecule has 2 aromatic heterocycles. The number of imidazole rings is 1. The second-order valence-corrected chi connectivity index (χ2v) is 4.72. The van der Waals surface area contributed by atoms with Gasteiger partial charge in [0, 0.05) is 18.9 Å². The van der Waals surface area contributed by atoms with Gasteiger partial charge in [-0.15, -0.1) is 0 Å². The maximum atomic E-state index is 4.62. The third-order valence-electron chi connectivity index (χ3n) is 3.21. The molecule has 0 unspecified atom stereocenters. The molecule has 3 heteroatoms. The van der Waals surface area contributed by atoms with Crippen LogP contribution in [0.5, 0.6) is 0 Å². The first kappa shape index (κ1) is 9.85. The van der Waals surface area contributed by atoms with E-state index in [4.69, 9.17) is 0 Å². The first-order valence-corrected chi connectivity index (χ1v) is 5.90. The Balaban J connectivity index is 2.10. The predicted octanol–water partition coefficient (Wildman–Crippen LogP) is 2.24. The van der Waals surface area contributed by atoms with Gasteiger partial charge in [0.25, 0.3) is 0 Å². The third kappa shape index (κ3) is 1.61. The quantitative estimate of drug-likeness (QED) is 0.850. The van der Waals surface area contributed by atoms with Crippen LogP contribution in [0.4, 0.5) is 0 Å². The summed E-state index contributed by atoms with van der Waals surface area (Å²) in [7, 11) is 1.95. The van der Waals surface area contributed by atoms with Gasteiger partial charge in [0.1, 0.15) is 5.65 Å². The van der Waals surface area contributed by atoms with E-state index in [2.05, 4.69) is 40.1 Å². The molecule has 16 heavy (non-hydrogen) atoms. The van der Waals surface area contributed by atoms with Gasteiger partial charge in [-0.05, 0) is 43.9 Å². The van der Waals surface area contributed by atoms with Gasteiger partial charge in [0.2, 0.25) is 0 Å². The summed E-state index contributed by atoms with van der Waals surface area (Å²) in [5, 5.41) is 3.14. The molecular formula is C13H17N3. The van der Waals surface area contributed by atoms with Gasteiger partial charge < -0.3 is 9.72 Å². The van der Waals surface area contributed by atoms with E-state index in [9.17, 15) is 0 Å². The average Bonchev–Trinajstić information content (AvgIpc) is 3.01. The number of aryl methyl sites for hydroxylation is 1. The molecule has 1 aliphatic rings. The molecule has 1 N–H and O–H groups in total. The molecule has 84 valence electrons. The third-order valence-corrected chi connectivity index (χ3v) is 3.21. The number of rotatable bonds is 3. The van der Waals surface area contributed by atoms with E-state index in [1.807, 2.05) is 7.05 Å². The van der Waals surface area contributed by atoms with E-state index < -0.39 is 0 Å². The van der Waals surface area contributed by atoms with E-state index in [-0.39, 0.29) is 0 Å². The van der Waals surface area contributed by atoms with Crippen LogP contribution in [0.1, 0.15) is 35.6 Å². The van der Waals surface area contributed by atoms with Crippen molar-refractivity contribution < 1.29 is 0 Å². The standard InChI is InChI=1S/C13H17N3/c1-9-5-11(10-3-4-10)7-16-8-12(6-14-2)15-13(9)16/h5,7-8,10,14H,3-4,6H2,1-2H3. The van der Waals surface area contributed by atoms with Crippen molar-refractivity contribution in [2.24, 2.45) is 0 Å². The summed E-state index contributed by atoms with van der Waals surface area (Å²) < 4.78 is 2.18. The van der Waals surface area contributed by atoms with Gasteiger partial charge in [-0.2, -0.15) is 0 Å². The van der Waals surface area contributed by atoms with Gasteiger partial charge >= 0.3 is 0 Å². The zero-order chi connectivity index (χ0) is 11.1. The summed E-state index contributed by atoms with van der Waals surface area (Å²) in [5.41, 5.74) is 4.96. The maximum Gasteiger partial charge on any atom is 0.140 e. The molecular weight excluding hydrogens is 198 g/mol. The second-order valence-electron chi connectivity index (χ2n) is 4.72. The van der Waals surface area contributed by atoms with E-state index in [0.29, 0.717) is 0 Å². The number of hydrogen-bond acceptors (Lipinski definition) is 2.